The molecule has 1 aromatic heterocycles. The third-order valence-corrected chi connectivity index (χ3v) is 4.75. The average molecular weight is 408 g/mol. The van der Waals surface area contributed by atoms with Crippen LogP contribution in [0.2, 0.25) is 5.02 Å². The van der Waals surface area contributed by atoms with Crippen LogP contribution in [0.4, 0.5) is 23.5 Å². The van der Waals surface area contributed by atoms with E-state index in [9.17, 15) is 0 Å². The molecule has 8 heteroatoms. The van der Waals surface area contributed by atoms with Crippen molar-refractivity contribution in [2.24, 2.45) is 5.10 Å². The van der Waals surface area contributed by atoms with Gasteiger partial charge in [-0.25, -0.2) is 5.43 Å². The van der Waals surface area contributed by atoms with Crippen LogP contribution in [0.15, 0.2) is 59.7 Å². The van der Waals surface area contributed by atoms with Crippen molar-refractivity contribution in [3.8, 4) is 0 Å². The molecule has 148 valence electrons. The summed E-state index contributed by atoms with van der Waals surface area (Å²) in [7, 11) is 0. The number of nitrogens with one attached hydrogen (secondary N) is 2. The Morgan fingerprint density at radius 3 is 2.48 bits per heavy atom. The van der Waals surface area contributed by atoms with Crippen LogP contribution in [0, 0.1) is 0 Å². The molecule has 1 saturated heterocycles. The lowest BCUT2D eigenvalue weighted by Crippen LogP contribution is -2.31. The first-order valence-electron chi connectivity index (χ1n) is 9.64. The lowest BCUT2D eigenvalue weighted by molar-refractivity contribution is 0.568. The van der Waals surface area contributed by atoms with Gasteiger partial charge in [0.25, 0.3) is 0 Å². The van der Waals surface area contributed by atoms with Crippen LogP contribution in [0.1, 0.15) is 24.8 Å². The molecule has 0 unspecified atom stereocenters. The second-order valence-corrected chi connectivity index (χ2v) is 7.18. The molecule has 0 aliphatic carbocycles. The van der Waals surface area contributed by atoms with Crippen LogP contribution < -0.4 is 15.6 Å². The van der Waals surface area contributed by atoms with E-state index < -0.39 is 0 Å². The number of para-hydroxylation sites is 1. The molecule has 0 amide bonds. The first-order valence-corrected chi connectivity index (χ1v) is 10.0. The third-order valence-electron chi connectivity index (χ3n) is 4.52. The molecular formula is C21H22ClN7. The van der Waals surface area contributed by atoms with Gasteiger partial charge in [0.05, 0.1) is 6.21 Å². The van der Waals surface area contributed by atoms with Gasteiger partial charge in [-0.15, -0.1) is 0 Å². The second-order valence-electron chi connectivity index (χ2n) is 6.75. The molecule has 2 N–H and O–H groups in total. The highest BCUT2D eigenvalue weighted by Gasteiger charge is 2.16. The van der Waals surface area contributed by atoms with E-state index in [1.807, 2.05) is 54.6 Å². The summed E-state index contributed by atoms with van der Waals surface area (Å²) in [6, 6.07) is 17.3. The lowest BCUT2D eigenvalue weighted by Gasteiger charge is -2.26. The minimum absolute atomic E-state index is 0.386. The molecule has 29 heavy (non-hydrogen) atoms. The van der Waals surface area contributed by atoms with Crippen molar-refractivity contribution >= 4 is 41.3 Å². The quantitative estimate of drug-likeness (QED) is 0.455. The molecule has 7 nitrogen and oxygen atoms in total. The van der Waals surface area contributed by atoms with Gasteiger partial charge in [-0.3, -0.25) is 0 Å². The van der Waals surface area contributed by atoms with Crippen LogP contribution in [-0.4, -0.2) is 34.3 Å². The zero-order valence-electron chi connectivity index (χ0n) is 15.9. The van der Waals surface area contributed by atoms with E-state index in [0.29, 0.717) is 22.9 Å². The number of rotatable bonds is 6. The lowest BCUT2D eigenvalue weighted by atomic mass is 10.1. The van der Waals surface area contributed by atoms with Gasteiger partial charge in [0.15, 0.2) is 0 Å². The number of halogens is 1. The number of aromatic nitrogens is 3. The predicted molar refractivity (Wildman–Crippen MR) is 118 cm³/mol. The van der Waals surface area contributed by atoms with E-state index in [2.05, 4.69) is 35.7 Å². The SMILES string of the molecule is Clc1cccc(/C=N\Nc2nc(Nc3ccccc3)nc(N3CCCCC3)n2)c1. The van der Waals surface area contributed by atoms with Crippen LogP contribution in [0.3, 0.4) is 0 Å². The summed E-state index contributed by atoms with van der Waals surface area (Å²) >= 11 is 6.02. The number of benzene rings is 2. The fraction of sp³-hybridized carbons (Fsp3) is 0.238. The molecule has 3 aromatic rings. The van der Waals surface area contributed by atoms with Gasteiger partial charge in [0.2, 0.25) is 17.8 Å². The maximum Gasteiger partial charge on any atom is 0.250 e. The van der Waals surface area contributed by atoms with Crippen LogP contribution in [-0.2, 0) is 0 Å². The van der Waals surface area contributed by atoms with Gasteiger partial charge in [0, 0.05) is 23.8 Å². The van der Waals surface area contributed by atoms with E-state index in [1.54, 1.807) is 6.21 Å². The van der Waals surface area contributed by atoms with E-state index in [0.717, 1.165) is 37.2 Å². The smallest absolute Gasteiger partial charge is 0.250 e. The highest BCUT2D eigenvalue weighted by atomic mass is 35.5. The molecule has 0 saturated carbocycles. The van der Waals surface area contributed by atoms with Crippen LogP contribution >= 0.6 is 11.6 Å². The zero-order chi connectivity index (χ0) is 19.9. The Bertz CT molecular complexity index is 972. The van der Waals surface area contributed by atoms with Gasteiger partial charge in [0.1, 0.15) is 0 Å². The first kappa shape index (κ1) is 19.1. The maximum atomic E-state index is 6.02. The third kappa shape index (κ3) is 5.42. The summed E-state index contributed by atoms with van der Waals surface area (Å²) in [5.74, 6) is 1.52. The summed E-state index contributed by atoms with van der Waals surface area (Å²) in [5, 5.41) is 8.16. The fourth-order valence-corrected chi connectivity index (χ4v) is 3.31. The molecule has 2 aromatic carbocycles. The number of hydrogen-bond acceptors (Lipinski definition) is 7. The molecule has 1 aliphatic rings. The van der Waals surface area contributed by atoms with Gasteiger partial charge in [-0.05, 0) is 49.1 Å². The van der Waals surface area contributed by atoms with Crippen LogP contribution in [0.5, 0.6) is 0 Å². The second kappa shape index (κ2) is 9.34. The van der Waals surface area contributed by atoms with Gasteiger partial charge < -0.3 is 10.2 Å². The van der Waals surface area contributed by atoms with Crippen molar-refractivity contribution in [2.75, 3.05) is 28.7 Å². The Morgan fingerprint density at radius 1 is 0.897 bits per heavy atom. The highest BCUT2D eigenvalue weighted by Crippen LogP contribution is 2.20. The average Bonchev–Trinajstić information content (AvgIpc) is 2.75. The van der Waals surface area contributed by atoms with E-state index in [-0.39, 0.29) is 0 Å². The minimum atomic E-state index is 0.386. The monoisotopic (exact) mass is 407 g/mol. The van der Waals surface area contributed by atoms with Crippen molar-refractivity contribution in [2.45, 2.75) is 19.3 Å². The highest BCUT2D eigenvalue weighted by molar-refractivity contribution is 6.30. The Hall–Kier alpha value is -3.19. The van der Waals surface area contributed by atoms with Crippen molar-refractivity contribution in [1.82, 2.24) is 15.0 Å². The number of anilines is 4. The van der Waals surface area contributed by atoms with E-state index in [1.165, 1.54) is 6.42 Å². The first-order chi connectivity index (χ1) is 14.3. The number of piperidine rings is 1. The normalized spacial score (nSPS) is 14.2. The zero-order valence-corrected chi connectivity index (χ0v) is 16.7. The van der Waals surface area contributed by atoms with Gasteiger partial charge in [-0.2, -0.15) is 20.1 Å². The van der Waals surface area contributed by atoms with Crippen LogP contribution in [0.25, 0.3) is 0 Å². The molecule has 0 radical (unpaired) electrons. The summed E-state index contributed by atoms with van der Waals surface area (Å²) in [6.07, 6.45) is 5.21. The van der Waals surface area contributed by atoms with Crippen molar-refractivity contribution in [3.63, 3.8) is 0 Å². The largest absolute Gasteiger partial charge is 0.341 e. The Morgan fingerprint density at radius 2 is 1.69 bits per heavy atom. The molecule has 1 aliphatic heterocycles. The predicted octanol–water partition coefficient (Wildman–Crippen LogP) is 4.70. The molecule has 0 atom stereocenters. The molecule has 4 rings (SSSR count). The van der Waals surface area contributed by atoms with Gasteiger partial charge >= 0.3 is 0 Å². The number of hydrazone groups is 1. The Labute approximate surface area is 174 Å². The number of hydrogen-bond donors (Lipinski definition) is 2. The molecule has 1 fully saturated rings. The van der Waals surface area contributed by atoms with Crippen molar-refractivity contribution in [3.05, 3.63) is 65.2 Å². The topological polar surface area (TPSA) is 78.3 Å². The molecular weight excluding hydrogens is 386 g/mol. The summed E-state index contributed by atoms with van der Waals surface area (Å²) in [6.45, 7) is 1.89. The number of nitrogens with zero attached hydrogens (tertiary/aromatic N) is 5. The Kier molecular flexibility index (Phi) is 6.16. The summed E-state index contributed by atoms with van der Waals surface area (Å²) < 4.78 is 0. The molecule has 0 spiro atoms. The maximum absolute atomic E-state index is 6.02. The van der Waals surface area contributed by atoms with Gasteiger partial charge in [-0.1, -0.05) is 41.9 Å². The fourth-order valence-electron chi connectivity index (χ4n) is 3.11. The van der Waals surface area contributed by atoms with E-state index >= 15 is 0 Å². The summed E-state index contributed by atoms with van der Waals surface area (Å²) in [5.41, 5.74) is 4.72. The Balaban J connectivity index is 1.56. The summed E-state index contributed by atoms with van der Waals surface area (Å²) in [4.78, 5) is 15.8. The minimum Gasteiger partial charge on any atom is -0.341 e. The molecule has 2 heterocycles. The standard InChI is InChI=1S/C21H22ClN7/c22-17-9-7-8-16(14-17)15-23-28-20-25-19(24-18-10-3-1-4-11-18)26-21(27-20)29-12-5-2-6-13-29/h1,3-4,7-11,14-15H,2,5-6,12-13H2,(H2,24,25,26,27,28)/b23-15-. The van der Waals surface area contributed by atoms with Crippen molar-refractivity contribution in [1.29, 1.82) is 0 Å². The van der Waals surface area contributed by atoms with Crippen molar-refractivity contribution < 1.29 is 0 Å². The van der Waals surface area contributed by atoms with E-state index in [4.69, 9.17) is 11.6 Å². The molecule has 0 bridgehead atoms.